The van der Waals surface area contributed by atoms with Crippen LogP contribution < -0.4 is 5.32 Å². The number of anilines is 1. The molecule has 0 radical (unpaired) electrons. The minimum atomic E-state index is -0.864. The molecule has 10 nitrogen and oxygen atoms in total. The highest BCUT2D eigenvalue weighted by atomic mass is 16.6. The van der Waals surface area contributed by atoms with E-state index in [0.29, 0.717) is 11.3 Å². The van der Waals surface area contributed by atoms with E-state index in [9.17, 15) is 25.0 Å². The molecule has 0 bridgehead atoms. The van der Waals surface area contributed by atoms with E-state index >= 15 is 0 Å². The summed E-state index contributed by atoms with van der Waals surface area (Å²) >= 11 is 0. The fraction of sp³-hybridized carbons (Fsp3) is 0.200. The molecule has 0 spiro atoms. The van der Waals surface area contributed by atoms with Gasteiger partial charge in [-0.2, -0.15) is 5.26 Å². The van der Waals surface area contributed by atoms with Crippen molar-refractivity contribution in [3.63, 3.8) is 0 Å². The second kappa shape index (κ2) is 6.40. The summed E-state index contributed by atoms with van der Waals surface area (Å²) in [6, 6.07) is 3.76. The molecule has 0 saturated heterocycles. The van der Waals surface area contributed by atoms with Crippen molar-refractivity contribution < 1.29 is 19.1 Å². The fourth-order valence-electron chi connectivity index (χ4n) is 2.22. The average Bonchev–Trinajstić information content (AvgIpc) is 2.80. The van der Waals surface area contributed by atoms with Crippen LogP contribution in [0.3, 0.4) is 0 Å². The fourth-order valence-corrected chi connectivity index (χ4v) is 2.22. The Morgan fingerprint density at radius 2 is 1.64 bits per heavy atom. The molecule has 2 rings (SSSR count). The smallest absolute Gasteiger partial charge is 0.279 e. The van der Waals surface area contributed by atoms with Crippen LogP contribution in [0.2, 0.25) is 0 Å². The Hall–Kier alpha value is -3.74. The van der Waals surface area contributed by atoms with Gasteiger partial charge in [0.2, 0.25) is 5.88 Å². The topological polar surface area (TPSA) is 152 Å². The number of rotatable bonds is 4. The van der Waals surface area contributed by atoms with Gasteiger partial charge in [-0.25, -0.2) is 0 Å². The molecule has 2 aromatic rings. The maximum absolute atomic E-state index is 12.3. The quantitative estimate of drug-likeness (QED) is 0.660. The molecule has 0 saturated carbocycles. The Balaban J connectivity index is 2.50. The minimum Gasteiger partial charge on any atom is -0.444 e. The van der Waals surface area contributed by atoms with E-state index in [1.54, 1.807) is 13.8 Å². The van der Waals surface area contributed by atoms with Crippen LogP contribution in [0.1, 0.15) is 32.8 Å². The zero-order valence-electron chi connectivity index (χ0n) is 13.4. The second-order valence-electron chi connectivity index (χ2n) is 5.21. The van der Waals surface area contributed by atoms with Crippen molar-refractivity contribution >= 4 is 23.2 Å². The zero-order chi connectivity index (χ0) is 18.9. The molecule has 25 heavy (non-hydrogen) atoms. The molecule has 0 aliphatic rings. The molecular weight excluding hydrogens is 332 g/mol. The van der Waals surface area contributed by atoms with E-state index in [2.05, 4.69) is 5.32 Å². The van der Waals surface area contributed by atoms with Crippen LogP contribution in [0, 0.1) is 52.3 Å². The summed E-state index contributed by atoms with van der Waals surface area (Å²) in [7, 11) is 0. The van der Waals surface area contributed by atoms with Crippen LogP contribution in [0.4, 0.5) is 17.3 Å². The third-order valence-electron chi connectivity index (χ3n) is 3.73. The standard InChI is InChI=1S/C15H12N4O6/c1-7-9(3)25-15(11(7)6-16)17-14(20)10-4-12(18(21)22)8(2)13(5-10)19(23)24/h4-5H,1-3H3,(H,17,20). The molecule has 10 heteroatoms. The Kier molecular flexibility index (Phi) is 4.51. The van der Waals surface area contributed by atoms with Crippen molar-refractivity contribution in [1.82, 2.24) is 0 Å². The highest BCUT2D eigenvalue weighted by Gasteiger charge is 2.26. The molecular formula is C15H12N4O6. The van der Waals surface area contributed by atoms with Crippen LogP contribution in [0.25, 0.3) is 0 Å². The van der Waals surface area contributed by atoms with Gasteiger partial charge in [-0.3, -0.25) is 30.3 Å². The van der Waals surface area contributed by atoms with Gasteiger partial charge < -0.3 is 4.42 Å². The molecule has 128 valence electrons. The largest absolute Gasteiger partial charge is 0.444 e. The van der Waals surface area contributed by atoms with Crippen molar-refractivity contribution in [1.29, 1.82) is 5.26 Å². The van der Waals surface area contributed by atoms with E-state index in [0.717, 1.165) is 12.1 Å². The number of hydrogen-bond acceptors (Lipinski definition) is 7. The number of hydrogen-bond donors (Lipinski definition) is 1. The van der Waals surface area contributed by atoms with E-state index in [1.807, 2.05) is 6.07 Å². The second-order valence-corrected chi connectivity index (χ2v) is 5.21. The summed E-state index contributed by atoms with van der Waals surface area (Å²) in [5.41, 5.74) is -0.896. The third-order valence-corrected chi connectivity index (χ3v) is 3.73. The van der Waals surface area contributed by atoms with Crippen molar-refractivity contribution in [2.75, 3.05) is 5.32 Å². The normalized spacial score (nSPS) is 10.2. The third kappa shape index (κ3) is 3.16. The van der Waals surface area contributed by atoms with Gasteiger partial charge >= 0.3 is 0 Å². The van der Waals surface area contributed by atoms with Crippen LogP contribution >= 0.6 is 0 Å². The van der Waals surface area contributed by atoms with Gasteiger partial charge in [0.25, 0.3) is 17.3 Å². The van der Waals surface area contributed by atoms with Crippen LogP contribution in [-0.4, -0.2) is 15.8 Å². The molecule has 0 fully saturated rings. The van der Waals surface area contributed by atoms with Crippen molar-refractivity contribution in [2.45, 2.75) is 20.8 Å². The predicted octanol–water partition coefficient (Wildman–Crippen LogP) is 3.15. The number of nitrogens with zero attached hydrogens (tertiary/aromatic N) is 3. The number of benzene rings is 1. The summed E-state index contributed by atoms with van der Waals surface area (Å²) in [5, 5.41) is 33.6. The summed E-state index contributed by atoms with van der Waals surface area (Å²) in [4.78, 5) is 32.9. The first-order chi connectivity index (χ1) is 11.7. The van der Waals surface area contributed by atoms with E-state index in [1.165, 1.54) is 6.92 Å². The van der Waals surface area contributed by atoms with Crippen LogP contribution in [0.15, 0.2) is 16.5 Å². The number of aryl methyl sites for hydroxylation is 1. The number of nitrogens with one attached hydrogen (secondary N) is 1. The van der Waals surface area contributed by atoms with Crippen molar-refractivity contribution in [2.24, 2.45) is 0 Å². The monoisotopic (exact) mass is 344 g/mol. The average molecular weight is 344 g/mol. The summed E-state index contributed by atoms with van der Waals surface area (Å²) in [5.74, 6) is -0.558. The van der Waals surface area contributed by atoms with Gasteiger partial charge in [0.15, 0.2) is 0 Å². The lowest BCUT2D eigenvalue weighted by Gasteiger charge is -2.05. The van der Waals surface area contributed by atoms with Gasteiger partial charge in [0.05, 0.1) is 15.4 Å². The minimum absolute atomic E-state index is 0.113. The van der Waals surface area contributed by atoms with Crippen molar-refractivity contribution in [3.8, 4) is 6.07 Å². The molecule has 1 N–H and O–H groups in total. The van der Waals surface area contributed by atoms with Gasteiger partial charge in [0, 0.05) is 17.7 Å². The van der Waals surface area contributed by atoms with Crippen molar-refractivity contribution in [3.05, 3.63) is 60.4 Å². The number of carbonyl (C=O) groups is 1. The van der Waals surface area contributed by atoms with E-state index in [-0.39, 0.29) is 22.6 Å². The Labute approximate surface area is 141 Å². The number of nitriles is 1. The van der Waals surface area contributed by atoms with E-state index in [4.69, 9.17) is 9.68 Å². The molecule has 0 atom stereocenters. The Bertz CT molecular complexity index is 919. The molecule has 1 aromatic heterocycles. The molecule has 0 aliphatic carbocycles. The molecule has 1 heterocycles. The lowest BCUT2D eigenvalue weighted by atomic mass is 10.1. The SMILES string of the molecule is Cc1oc(NC(=O)c2cc([N+](=O)[O-])c(C)c([N+](=O)[O-])c2)c(C#N)c1C. The summed E-state index contributed by atoms with van der Waals surface area (Å²) in [6.07, 6.45) is 0. The first-order valence-electron chi connectivity index (χ1n) is 6.92. The number of nitro benzene ring substituents is 2. The first-order valence-corrected chi connectivity index (χ1v) is 6.92. The Morgan fingerprint density at radius 1 is 1.12 bits per heavy atom. The maximum atomic E-state index is 12.3. The van der Waals surface area contributed by atoms with Crippen LogP contribution in [0.5, 0.6) is 0 Å². The molecule has 0 aliphatic heterocycles. The number of carbonyl (C=O) groups excluding carboxylic acids is 1. The summed E-state index contributed by atoms with van der Waals surface area (Å²) in [6.45, 7) is 4.47. The molecule has 0 unspecified atom stereocenters. The predicted molar refractivity (Wildman–Crippen MR) is 85.3 cm³/mol. The van der Waals surface area contributed by atoms with Gasteiger partial charge in [-0.15, -0.1) is 0 Å². The Morgan fingerprint density at radius 3 is 2.08 bits per heavy atom. The molecule has 1 amide bonds. The number of nitro groups is 2. The number of furan rings is 1. The first kappa shape index (κ1) is 17.6. The van der Waals surface area contributed by atoms with E-state index < -0.39 is 27.1 Å². The lowest BCUT2D eigenvalue weighted by Crippen LogP contribution is -2.13. The summed E-state index contributed by atoms with van der Waals surface area (Å²) < 4.78 is 5.29. The van der Waals surface area contributed by atoms with Gasteiger partial charge in [0.1, 0.15) is 23.0 Å². The number of amides is 1. The zero-order valence-corrected chi connectivity index (χ0v) is 13.4. The van der Waals surface area contributed by atoms with Gasteiger partial charge in [-0.05, 0) is 20.8 Å². The maximum Gasteiger partial charge on any atom is 0.279 e. The van der Waals surface area contributed by atoms with Crippen LogP contribution in [-0.2, 0) is 0 Å². The van der Waals surface area contributed by atoms with Gasteiger partial charge in [-0.1, -0.05) is 0 Å². The lowest BCUT2D eigenvalue weighted by molar-refractivity contribution is -0.395. The molecule has 1 aromatic carbocycles. The highest BCUT2D eigenvalue weighted by molar-refractivity contribution is 6.05. The highest BCUT2D eigenvalue weighted by Crippen LogP contribution is 2.31.